The van der Waals surface area contributed by atoms with Gasteiger partial charge < -0.3 is 4.90 Å². The molecule has 10 rings (SSSR count). The van der Waals surface area contributed by atoms with Gasteiger partial charge in [0, 0.05) is 67.7 Å². The Kier molecular flexibility index (Phi) is 10.2. The van der Waals surface area contributed by atoms with Crippen LogP contribution in [-0.2, 0) is 6.54 Å². The van der Waals surface area contributed by atoms with Gasteiger partial charge in [-0.05, 0) is 71.3 Å². The van der Waals surface area contributed by atoms with Crippen molar-refractivity contribution < 1.29 is 0 Å². The van der Waals surface area contributed by atoms with Gasteiger partial charge in [0.2, 0.25) is 0 Å². The Balaban J connectivity index is 1.02. The Bertz CT molecular complexity index is 3210. The number of hydrogen-bond acceptors (Lipinski definition) is 5. The minimum Gasteiger partial charge on any atom is -0.355 e. The molecular weight excluding hydrogens is 763 g/mol. The van der Waals surface area contributed by atoms with Gasteiger partial charge in [-0.1, -0.05) is 121 Å². The molecule has 0 N–H and O–H groups in total. The van der Waals surface area contributed by atoms with E-state index in [9.17, 15) is 0 Å². The van der Waals surface area contributed by atoms with Gasteiger partial charge in [0.25, 0.3) is 0 Å². The maximum atomic E-state index is 5.35. The highest BCUT2D eigenvalue weighted by molar-refractivity contribution is 6.12. The Labute approximate surface area is 359 Å². The molecule has 0 atom stereocenters. The summed E-state index contributed by atoms with van der Waals surface area (Å²) in [4.78, 5) is 31.0. The van der Waals surface area contributed by atoms with Gasteiger partial charge in [-0.3, -0.25) is 24.1 Å². The first-order valence-electron chi connectivity index (χ1n) is 20.5. The number of amidine groups is 2. The zero-order valence-electron chi connectivity index (χ0n) is 34.3. The molecule has 0 fully saturated rings. The number of hydrogen-bond donors (Lipinski definition) is 0. The van der Waals surface area contributed by atoms with Crippen molar-refractivity contribution in [2.24, 2.45) is 9.98 Å². The summed E-state index contributed by atoms with van der Waals surface area (Å²) < 4.78 is 4.38. The number of fused-ring (bicyclic) bond motifs is 2. The number of imidazole rings is 2. The van der Waals surface area contributed by atoms with Crippen LogP contribution in [0, 0.1) is 0 Å². The molecule has 9 nitrogen and oxygen atoms in total. The lowest BCUT2D eigenvalue weighted by Gasteiger charge is -2.23. The zero-order chi connectivity index (χ0) is 41.8. The minimum atomic E-state index is 0.598. The molecular formula is C53H41N9. The van der Waals surface area contributed by atoms with Crippen LogP contribution >= 0.6 is 0 Å². The molecule has 0 amide bonds. The first-order chi connectivity index (χ1) is 30.6. The molecule has 0 unspecified atom stereocenters. The van der Waals surface area contributed by atoms with E-state index in [1.807, 2.05) is 85.5 Å². The maximum Gasteiger partial charge on any atom is 0.156 e. The lowest BCUT2D eigenvalue weighted by Crippen LogP contribution is -2.28. The molecule has 0 saturated carbocycles. The van der Waals surface area contributed by atoms with E-state index in [0.717, 1.165) is 89.9 Å². The van der Waals surface area contributed by atoms with Crippen molar-refractivity contribution in [1.29, 1.82) is 0 Å². The fourth-order valence-corrected chi connectivity index (χ4v) is 8.01. The molecule has 10 aromatic rings. The second-order valence-corrected chi connectivity index (χ2v) is 15.0. The Morgan fingerprint density at radius 3 is 1.58 bits per heavy atom. The van der Waals surface area contributed by atoms with E-state index in [1.54, 1.807) is 7.05 Å². The van der Waals surface area contributed by atoms with Crippen molar-refractivity contribution in [3.8, 4) is 45.3 Å². The smallest absolute Gasteiger partial charge is 0.156 e. The Morgan fingerprint density at radius 1 is 0.500 bits per heavy atom. The van der Waals surface area contributed by atoms with Crippen molar-refractivity contribution in [2.75, 3.05) is 14.1 Å². The van der Waals surface area contributed by atoms with Crippen LogP contribution in [0.5, 0.6) is 0 Å². The summed E-state index contributed by atoms with van der Waals surface area (Å²) in [5.74, 6) is 3.15. The highest BCUT2D eigenvalue weighted by atomic mass is 15.2. The largest absolute Gasteiger partial charge is 0.355 e. The fraction of sp³-hybridized carbons (Fsp3) is 0.0566. The number of para-hydroxylation sites is 4. The summed E-state index contributed by atoms with van der Waals surface area (Å²) in [6, 6.07) is 60.4. The number of aromatic nitrogens is 6. The third-order valence-electron chi connectivity index (χ3n) is 11.0. The maximum absolute atomic E-state index is 5.35. The summed E-state index contributed by atoms with van der Waals surface area (Å²) in [7, 11) is 3.89. The molecule has 4 aromatic heterocycles. The zero-order valence-corrected chi connectivity index (χ0v) is 34.3. The topological polar surface area (TPSA) is 89.4 Å². The van der Waals surface area contributed by atoms with E-state index >= 15 is 0 Å². The van der Waals surface area contributed by atoms with Gasteiger partial charge in [-0.15, -0.1) is 0 Å². The summed E-state index contributed by atoms with van der Waals surface area (Å²) in [5, 5.41) is 0. The van der Waals surface area contributed by atoms with Crippen LogP contribution in [0.25, 0.3) is 67.3 Å². The van der Waals surface area contributed by atoms with Gasteiger partial charge in [0.15, 0.2) is 5.84 Å². The van der Waals surface area contributed by atoms with Crippen molar-refractivity contribution in [3.05, 3.63) is 217 Å². The Hall–Kier alpha value is -8.30. The van der Waals surface area contributed by atoms with E-state index in [-0.39, 0.29) is 0 Å². The summed E-state index contributed by atoms with van der Waals surface area (Å²) >= 11 is 0. The molecule has 0 bridgehead atoms. The number of nitrogens with zero attached hydrogens (tertiary/aromatic N) is 9. The standard InChI is InChI=1S/C53H41N9/c1-54-50(43-14-10-13-42(35-43)38-11-4-3-5-12-38)59-51(39-23-25-41(26-24-39)53-58-47-16-7-9-18-49(47)62(53)45-29-33-56-34-30-45)60(2)36-37-19-21-40(22-20-37)52-57-46-15-6-8-17-48(46)61(52)44-27-31-55-32-28-44/h3-35H,36H2,1-2H3. The first-order valence-corrected chi connectivity index (χ1v) is 20.5. The highest BCUT2D eigenvalue weighted by Gasteiger charge is 2.19. The van der Waals surface area contributed by atoms with Crippen LogP contribution in [-0.4, -0.2) is 59.7 Å². The van der Waals surface area contributed by atoms with Gasteiger partial charge in [0.1, 0.15) is 17.5 Å². The van der Waals surface area contributed by atoms with Crippen molar-refractivity contribution >= 4 is 33.7 Å². The normalized spacial score (nSPS) is 12.0. The van der Waals surface area contributed by atoms with Crippen LogP contribution in [0.3, 0.4) is 0 Å². The molecule has 0 aliphatic rings. The van der Waals surface area contributed by atoms with Crippen LogP contribution in [0.4, 0.5) is 0 Å². The van der Waals surface area contributed by atoms with Gasteiger partial charge in [-0.2, -0.15) is 0 Å². The summed E-state index contributed by atoms with van der Waals surface area (Å²) in [6.45, 7) is 0.598. The lowest BCUT2D eigenvalue weighted by molar-refractivity contribution is 0.502. The Morgan fingerprint density at radius 2 is 1.02 bits per heavy atom. The number of aliphatic imine (C=N–C) groups is 2. The van der Waals surface area contributed by atoms with Crippen LogP contribution < -0.4 is 0 Å². The molecule has 0 aliphatic heterocycles. The van der Waals surface area contributed by atoms with E-state index in [1.165, 1.54) is 0 Å². The van der Waals surface area contributed by atoms with Crippen molar-refractivity contribution in [1.82, 2.24) is 34.0 Å². The second kappa shape index (κ2) is 16.8. The fourth-order valence-electron chi connectivity index (χ4n) is 8.01. The first kappa shape index (κ1) is 37.9. The molecule has 6 aromatic carbocycles. The van der Waals surface area contributed by atoms with E-state index in [0.29, 0.717) is 12.4 Å². The van der Waals surface area contributed by atoms with Gasteiger partial charge in [-0.25, -0.2) is 15.0 Å². The average Bonchev–Trinajstić information content (AvgIpc) is 3.93. The summed E-state index contributed by atoms with van der Waals surface area (Å²) in [6.07, 6.45) is 7.25. The minimum absolute atomic E-state index is 0.598. The molecule has 0 radical (unpaired) electrons. The van der Waals surface area contributed by atoms with Gasteiger partial charge in [0.05, 0.1) is 33.4 Å². The van der Waals surface area contributed by atoms with E-state index in [4.69, 9.17) is 20.0 Å². The predicted molar refractivity (Wildman–Crippen MR) is 251 cm³/mol. The molecule has 0 spiro atoms. The second-order valence-electron chi connectivity index (χ2n) is 15.0. The molecule has 9 heteroatoms. The predicted octanol–water partition coefficient (Wildman–Crippen LogP) is 11.1. The van der Waals surface area contributed by atoms with Crippen LogP contribution in [0.15, 0.2) is 211 Å². The number of rotatable bonds is 9. The average molecular weight is 804 g/mol. The SMILES string of the molecule is CN=C(N=C(c1ccc(-c2nc3ccccc3n2-c2ccncc2)cc1)N(C)Cc1ccc(-c2nc3ccccc3n2-c2ccncc2)cc1)c1cccc(-c2ccccc2)c1. The number of pyridine rings is 2. The van der Waals surface area contributed by atoms with Crippen LogP contribution in [0.2, 0.25) is 0 Å². The molecule has 0 aliphatic carbocycles. The molecule has 298 valence electrons. The van der Waals surface area contributed by atoms with Crippen molar-refractivity contribution in [3.63, 3.8) is 0 Å². The van der Waals surface area contributed by atoms with Gasteiger partial charge >= 0.3 is 0 Å². The third-order valence-corrected chi connectivity index (χ3v) is 11.0. The lowest BCUT2D eigenvalue weighted by atomic mass is 10.0. The number of benzene rings is 6. The van der Waals surface area contributed by atoms with E-state index < -0.39 is 0 Å². The summed E-state index contributed by atoms with van der Waals surface area (Å²) in [5.41, 5.74) is 13.2. The van der Waals surface area contributed by atoms with Crippen LogP contribution in [0.1, 0.15) is 16.7 Å². The molecule has 0 saturated heterocycles. The molecule has 62 heavy (non-hydrogen) atoms. The highest BCUT2D eigenvalue weighted by Crippen LogP contribution is 2.31. The third kappa shape index (κ3) is 7.43. The van der Waals surface area contributed by atoms with E-state index in [2.05, 4.69) is 146 Å². The van der Waals surface area contributed by atoms with Crippen molar-refractivity contribution in [2.45, 2.75) is 6.54 Å². The molecule has 4 heterocycles. The monoisotopic (exact) mass is 803 g/mol. The quantitative estimate of drug-likeness (QED) is 0.107.